The highest BCUT2D eigenvalue weighted by Gasteiger charge is 2.10. The minimum absolute atomic E-state index is 0.00461. The molecule has 0 saturated heterocycles. The van der Waals surface area contributed by atoms with Crippen molar-refractivity contribution in [2.24, 2.45) is 0 Å². The van der Waals surface area contributed by atoms with Crippen molar-refractivity contribution in [2.45, 2.75) is 18.6 Å². The predicted molar refractivity (Wildman–Crippen MR) is 106 cm³/mol. The molecular formula is C20H20FNO2S2. The molecule has 0 aliphatic rings. The summed E-state index contributed by atoms with van der Waals surface area (Å²) >= 11 is 3.51. The van der Waals surface area contributed by atoms with Gasteiger partial charge in [-0.05, 0) is 46.7 Å². The Labute approximate surface area is 160 Å². The first-order chi connectivity index (χ1) is 12.7. The topological polar surface area (TPSA) is 42.2 Å². The van der Waals surface area contributed by atoms with Crippen molar-refractivity contribution in [2.75, 3.05) is 12.3 Å². The number of nitrogens with one attached hydrogen (secondary N) is 1. The summed E-state index contributed by atoms with van der Waals surface area (Å²) in [5.74, 6) is 2.73. The molecule has 1 N–H and O–H groups in total. The molecule has 0 saturated carbocycles. The van der Waals surface area contributed by atoms with Crippen LogP contribution < -0.4 is 5.32 Å². The molecular weight excluding hydrogens is 369 g/mol. The van der Waals surface area contributed by atoms with Gasteiger partial charge in [-0.15, -0.1) is 0 Å². The van der Waals surface area contributed by atoms with Gasteiger partial charge in [0.15, 0.2) is 0 Å². The van der Waals surface area contributed by atoms with Crippen molar-refractivity contribution in [1.29, 1.82) is 0 Å². The number of thiophene rings is 1. The summed E-state index contributed by atoms with van der Waals surface area (Å²) in [5, 5.41) is 7.14. The fraction of sp³-hybridized carbons (Fsp3) is 0.250. The minimum Gasteiger partial charge on any atom is -0.461 e. The van der Waals surface area contributed by atoms with Crippen LogP contribution in [0.25, 0.3) is 11.3 Å². The van der Waals surface area contributed by atoms with Crippen LogP contribution >= 0.6 is 23.1 Å². The molecule has 0 atom stereocenters. The van der Waals surface area contributed by atoms with Crippen molar-refractivity contribution < 1.29 is 13.6 Å². The predicted octanol–water partition coefficient (Wildman–Crippen LogP) is 5.13. The van der Waals surface area contributed by atoms with Crippen molar-refractivity contribution >= 4 is 29.0 Å². The molecule has 0 fully saturated rings. The number of aryl methyl sites for hydroxylation is 1. The van der Waals surface area contributed by atoms with Gasteiger partial charge in [-0.1, -0.05) is 12.1 Å². The Bertz CT molecular complexity index is 830. The lowest BCUT2D eigenvalue weighted by Gasteiger charge is -2.04. The average molecular weight is 390 g/mol. The van der Waals surface area contributed by atoms with E-state index in [4.69, 9.17) is 4.42 Å². The number of thioether (sulfide) groups is 1. The summed E-state index contributed by atoms with van der Waals surface area (Å²) in [6.45, 7) is 0.659. The van der Waals surface area contributed by atoms with Gasteiger partial charge in [-0.3, -0.25) is 4.79 Å². The molecule has 0 radical (unpaired) electrons. The van der Waals surface area contributed by atoms with Crippen LogP contribution in [0.2, 0.25) is 0 Å². The third kappa shape index (κ3) is 5.47. The second kappa shape index (κ2) is 9.59. The van der Waals surface area contributed by atoms with Gasteiger partial charge < -0.3 is 9.73 Å². The first-order valence-electron chi connectivity index (χ1n) is 8.41. The van der Waals surface area contributed by atoms with Gasteiger partial charge >= 0.3 is 0 Å². The van der Waals surface area contributed by atoms with Gasteiger partial charge in [0.25, 0.3) is 0 Å². The van der Waals surface area contributed by atoms with E-state index in [0.29, 0.717) is 36.5 Å². The molecule has 0 spiro atoms. The molecule has 0 aliphatic heterocycles. The Balaban J connectivity index is 1.36. The van der Waals surface area contributed by atoms with Crippen LogP contribution in [-0.2, 0) is 17.0 Å². The molecule has 0 aliphatic carbocycles. The number of carbonyl (C=O) groups excluding carboxylic acids is 1. The van der Waals surface area contributed by atoms with Crippen molar-refractivity contribution in [3.05, 3.63) is 70.4 Å². The van der Waals surface area contributed by atoms with Crippen LogP contribution in [0.3, 0.4) is 0 Å². The van der Waals surface area contributed by atoms with Gasteiger partial charge in [0, 0.05) is 30.9 Å². The van der Waals surface area contributed by atoms with E-state index in [1.165, 1.54) is 11.6 Å². The number of halogens is 1. The van der Waals surface area contributed by atoms with Crippen molar-refractivity contribution in [1.82, 2.24) is 5.32 Å². The molecule has 0 bridgehead atoms. The van der Waals surface area contributed by atoms with E-state index >= 15 is 0 Å². The fourth-order valence-corrected chi connectivity index (χ4v) is 4.05. The molecule has 26 heavy (non-hydrogen) atoms. The number of amides is 1. The second-order valence-electron chi connectivity index (χ2n) is 5.78. The molecule has 6 heteroatoms. The number of benzene rings is 1. The molecule has 3 aromatic rings. The normalized spacial score (nSPS) is 10.8. The summed E-state index contributed by atoms with van der Waals surface area (Å²) < 4.78 is 19.4. The second-order valence-corrected chi connectivity index (χ2v) is 7.67. The largest absolute Gasteiger partial charge is 0.461 e. The third-order valence-corrected chi connectivity index (χ3v) is 5.58. The Morgan fingerprint density at radius 2 is 2.08 bits per heavy atom. The Kier molecular flexibility index (Phi) is 6.91. The van der Waals surface area contributed by atoms with Crippen LogP contribution in [-0.4, -0.2) is 18.2 Å². The summed E-state index contributed by atoms with van der Waals surface area (Å²) in [7, 11) is 0. The summed E-state index contributed by atoms with van der Waals surface area (Å²) in [6, 6.07) is 12.2. The van der Waals surface area contributed by atoms with Crippen LogP contribution in [0.5, 0.6) is 0 Å². The molecule has 2 aromatic heterocycles. The third-order valence-electron chi connectivity index (χ3n) is 3.82. The van der Waals surface area contributed by atoms with E-state index in [0.717, 1.165) is 11.5 Å². The highest BCUT2D eigenvalue weighted by atomic mass is 32.2. The number of rotatable bonds is 9. The summed E-state index contributed by atoms with van der Waals surface area (Å²) in [6.07, 6.45) is 0.863. The lowest BCUT2D eigenvalue weighted by atomic mass is 10.1. The average Bonchev–Trinajstić information content (AvgIpc) is 3.32. The van der Waals surface area contributed by atoms with Crippen LogP contribution in [0.1, 0.15) is 17.7 Å². The number of furan rings is 1. The smallest absolute Gasteiger partial charge is 0.220 e. The van der Waals surface area contributed by atoms with Crippen molar-refractivity contribution in [3.8, 4) is 11.3 Å². The molecule has 0 unspecified atom stereocenters. The molecule has 3 rings (SSSR count). The lowest BCUT2D eigenvalue weighted by Crippen LogP contribution is -2.25. The maximum absolute atomic E-state index is 13.8. The van der Waals surface area contributed by atoms with E-state index in [1.54, 1.807) is 41.7 Å². The molecule has 136 valence electrons. The van der Waals surface area contributed by atoms with Crippen LogP contribution in [0.4, 0.5) is 4.39 Å². The van der Waals surface area contributed by atoms with Gasteiger partial charge in [-0.25, -0.2) is 4.39 Å². The number of carbonyl (C=O) groups is 1. The lowest BCUT2D eigenvalue weighted by molar-refractivity contribution is -0.121. The van der Waals surface area contributed by atoms with E-state index in [-0.39, 0.29) is 11.7 Å². The summed E-state index contributed by atoms with van der Waals surface area (Å²) in [4.78, 5) is 11.9. The van der Waals surface area contributed by atoms with Gasteiger partial charge in [-0.2, -0.15) is 23.1 Å². The monoisotopic (exact) mass is 389 g/mol. The first kappa shape index (κ1) is 18.7. The zero-order valence-electron chi connectivity index (χ0n) is 14.2. The maximum Gasteiger partial charge on any atom is 0.220 e. The number of hydrogen-bond donors (Lipinski definition) is 1. The highest BCUT2D eigenvalue weighted by molar-refractivity contribution is 7.98. The van der Waals surface area contributed by atoms with E-state index in [2.05, 4.69) is 22.1 Å². The van der Waals surface area contributed by atoms with Crippen LogP contribution in [0, 0.1) is 5.82 Å². The van der Waals surface area contributed by atoms with Gasteiger partial charge in [0.1, 0.15) is 17.3 Å². The number of hydrogen-bond acceptors (Lipinski definition) is 4. The quantitative estimate of drug-likeness (QED) is 0.516. The Hall–Kier alpha value is -2.05. The van der Waals surface area contributed by atoms with E-state index < -0.39 is 0 Å². The van der Waals surface area contributed by atoms with Crippen LogP contribution in [0.15, 0.2) is 57.6 Å². The fourth-order valence-electron chi connectivity index (χ4n) is 2.47. The zero-order chi connectivity index (χ0) is 18.2. The van der Waals surface area contributed by atoms with E-state index in [9.17, 15) is 9.18 Å². The standard InChI is InChI=1S/C20H20FNO2S2/c21-18-4-2-1-3-17(18)19-7-5-16(24-19)6-8-20(23)22-10-12-26-14-15-9-11-25-13-15/h1-5,7,9,11,13H,6,8,10,12,14H2,(H,22,23). The maximum atomic E-state index is 13.8. The van der Waals surface area contributed by atoms with Gasteiger partial charge in [0.2, 0.25) is 5.91 Å². The minimum atomic E-state index is -0.314. The molecule has 3 nitrogen and oxygen atoms in total. The zero-order valence-corrected chi connectivity index (χ0v) is 15.9. The Morgan fingerprint density at radius 1 is 1.19 bits per heavy atom. The first-order valence-corrected chi connectivity index (χ1v) is 10.5. The van der Waals surface area contributed by atoms with Gasteiger partial charge in [0.05, 0.1) is 5.56 Å². The van der Waals surface area contributed by atoms with E-state index in [1.807, 2.05) is 11.8 Å². The van der Waals surface area contributed by atoms with Crippen molar-refractivity contribution in [3.63, 3.8) is 0 Å². The summed E-state index contributed by atoms with van der Waals surface area (Å²) in [5.41, 5.74) is 1.76. The molecule has 2 heterocycles. The molecule has 1 amide bonds. The molecule has 1 aromatic carbocycles. The SMILES string of the molecule is O=C(CCc1ccc(-c2ccccc2F)o1)NCCSCc1ccsc1. The highest BCUT2D eigenvalue weighted by Crippen LogP contribution is 2.25. The Morgan fingerprint density at radius 3 is 2.88 bits per heavy atom.